The SMILES string of the molecule is CCC1CC(C)C(C2N=C(S(C)(=O)=O)NS2)C1. The first-order valence-electron chi connectivity index (χ1n) is 6.11. The summed E-state index contributed by atoms with van der Waals surface area (Å²) in [6.45, 7) is 4.49. The van der Waals surface area contributed by atoms with Crippen LogP contribution in [0.4, 0.5) is 0 Å². The monoisotopic (exact) mass is 276 g/mol. The summed E-state index contributed by atoms with van der Waals surface area (Å²) in [6.07, 6.45) is 4.85. The predicted octanol–water partition coefficient (Wildman–Crippen LogP) is 2.04. The summed E-state index contributed by atoms with van der Waals surface area (Å²) >= 11 is 1.46. The molecular formula is C11H20N2O2S2. The molecule has 0 aromatic rings. The van der Waals surface area contributed by atoms with Gasteiger partial charge in [-0.2, -0.15) is 0 Å². The Kier molecular flexibility index (Phi) is 3.73. The number of nitrogens with zero attached hydrogens (tertiary/aromatic N) is 1. The first kappa shape index (κ1) is 13.2. The van der Waals surface area contributed by atoms with Gasteiger partial charge in [0.1, 0.15) is 5.37 Å². The molecule has 2 aliphatic rings. The molecule has 1 saturated carbocycles. The fraction of sp³-hybridized carbons (Fsp3) is 0.909. The van der Waals surface area contributed by atoms with E-state index in [2.05, 4.69) is 23.6 Å². The van der Waals surface area contributed by atoms with Crippen LogP contribution in [0.3, 0.4) is 0 Å². The molecule has 0 bridgehead atoms. The van der Waals surface area contributed by atoms with Crippen molar-refractivity contribution in [3.8, 4) is 0 Å². The van der Waals surface area contributed by atoms with Gasteiger partial charge in [0, 0.05) is 6.26 Å². The van der Waals surface area contributed by atoms with Crippen LogP contribution < -0.4 is 4.72 Å². The van der Waals surface area contributed by atoms with Crippen molar-refractivity contribution in [3.63, 3.8) is 0 Å². The molecule has 1 aliphatic carbocycles. The van der Waals surface area contributed by atoms with E-state index in [1.165, 1.54) is 37.5 Å². The molecule has 0 amide bonds. The number of hydrogen-bond acceptors (Lipinski definition) is 5. The second-order valence-electron chi connectivity index (χ2n) is 5.20. The van der Waals surface area contributed by atoms with E-state index in [0.717, 1.165) is 5.92 Å². The molecule has 2 rings (SSSR count). The van der Waals surface area contributed by atoms with E-state index in [4.69, 9.17) is 0 Å². The van der Waals surface area contributed by atoms with Crippen molar-refractivity contribution < 1.29 is 8.42 Å². The molecule has 0 spiro atoms. The summed E-state index contributed by atoms with van der Waals surface area (Å²) in [7, 11) is -3.18. The van der Waals surface area contributed by atoms with Crippen molar-refractivity contribution >= 4 is 27.0 Å². The average Bonchev–Trinajstić information content (AvgIpc) is 2.82. The van der Waals surface area contributed by atoms with Crippen molar-refractivity contribution in [2.75, 3.05) is 6.26 Å². The number of rotatable bonds is 2. The highest BCUT2D eigenvalue weighted by Gasteiger charge is 2.39. The Morgan fingerprint density at radius 3 is 2.65 bits per heavy atom. The minimum atomic E-state index is -3.18. The van der Waals surface area contributed by atoms with E-state index < -0.39 is 9.84 Å². The molecule has 0 saturated heterocycles. The van der Waals surface area contributed by atoms with Crippen LogP contribution in [0.1, 0.15) is 33.1 Å². The molecule has 1 aliphatic heterocycles. The van der Waals surface area contributed by atoms with Gasteiger partial charge in [-0.1, -0.05) is 20.3 Å². The Balaban J connectivity index is 2.08. The third-order valence-corrected chi connectivity index (χ3v) is 5.89. The molecule has 4 unspecified atom stereocenters. The van der Waals surface area contributed by atoms with E-state index in [1.54, 1.807) is 0 Å². The van der Waals surface area contributed by atoms with Gasteiger partial charge < -0.3 is 4.72 Å². The average molecular weight is 276 g/mol. The summed E-state index contributed by atoms with van der Waals surface area (Å²) in [5, 5.41) is 0.228. The lowest BCUT2D eigenvalue weighted by atomic mass is 9.98. The van der Waals surface area contributed by atoms with Gasteiger partial charge in [0.25, 0.3) is 0 Å². The smallest absolute Gasteiger partial charge is 0.227 e. The number of nitrogens with one attached hydrogen (secondary N) is 1. The Morgan fingerprint density at radius 2 is 2.18 bits per heavy atom. The highest BCUT2D eigenvalue weighted by atomic mass is 32.2. The molecule has 4 atom stereocenters. The minimum absolute atomic E-state index is 0.0753. The Hall–Kier alpha value is -0.230. The fourth-order valence-corrected chi connectivity index (χ4v) is 4.89. The van der Waals surface area contributed by atoms with Gasteiger partial charge in [-0.25, -0.2) is 13.4 Å². The van der Waals surface area contributed by atoms with Crippen LogP contribution in [0.5, 0.6) is 0 Å². The zero-order valence-electron chi connectivity index (χ0n) is 10.5. The van der Waals surface area contributed by atoms with Crippen LogP contribution in [0, 0.1) is 17.8 Å². The van der Waals surface area contributed by atoms with E-state index in [-0.39, 0.29) is 10.5 Å². The number of sulfone groups is 1. The van der Waals surface area contributed by atoms with Crippen molar-refractivity contribution in [1.82, 2.24) is 4.72 Å². The summed E-state index contributed by atoms with van der Waals surface area (Å²) < 4.78 is 25.6. The molecule has 0 aromatic heterocycles. The van der Waals surface area contributed by atoms with Crippen LogP contribution in [0.25, 0.3) is 0 Å². The van der Waals surface area contributed by atoms with Gasteiger partial charge in [0.15, 0.2) is 0 Å². The quantitative estimate of drug-likeness (QED) is 0.784. The molecule has 1 N–H and O–H groups in total. The molecule has 4 nitrogen and oxygen atoms in total. The predicted molar refractivity (Wildman–Crippen MR) is 72.5 cm³/mol. The van der Waals surface area contributed by atoms with Crippen LogP contribution >= 0.6 is 11.9 Å². The maximum absolute atomic E-state index is 11.4. The molecule has 0 radical (unpaired) electrons. The minimum Gasteiger partial charge on any atom is -0.303 e. The standard InChI is InChI=1S/C11H20N2O2S2/c1-4-8-5-7(2)9(6-8)10-12-11(13-16-10)17(3,14)15/h7-10H,4-6H2,1-3H3,(H,12,13). The molecular weight excluding hydrogens is 256 g/mol. The molecule has 0 aromatic carbocycles. The second kappa shape index (κ2) is 4.80. The Labute approximate surface area is 108 Å². The van der Waals surface area contributed by atoms with Gasteiger partial charge in [-0.05, 0) is 42.5 Å². The highest BCUT2D eigenvalue weighted by molar-refractivity contribution is 8.09. The zero-order chi connectivity index (χ0) is 12.6. The fourth-order valence-electron chi connectivity index (χ4n) is 2.78. The van der Waals surface area contributed by atoms with Gasteiger partial charge >= 0.3 is 0 Å². The maximum atomic E-state index is 11.4. The summed E-state index contributed by atoms with van der Waals surface area (Å²) in [5.74, 6) is 1.94. The van der Waals surface area contributed by atoms with Gasteiger partial charge in [0.05, 0.1) is 0 Å². The maximum Gasteiger partial charge on any atom is 0.227 e. The lowest BCUT2D eigenvalue weighted by molar-refractivity contribution is 0.411. The number of aliphatic imine (C=N–C) groups is 1. The van der Waals surface area contributed by atoms with E-state index in [9.17, 15) is 8.42 Å². The van der Waals surface area contributed by atoms with Crippen LogP contribution in [-0.2, 0) is 9.84 Å². The Bertz CT molecular complexity index is 419. The summed E-state index contributed by atoms with van der Waals surface area (Å²) in [6, 6.07) is 0. The van der Waals surface area contributed by atoms with Gasteiger partial charge in [0.2, 0.25) is 15.0 Å². The number of hydrogen-bond donors (Lipinski definition) is 1. The normalized spacial score (nSPS) is 37.9. The third-order valence-electron chi connectivity index (χ3n) is 3.85. The first-order valence-corrected chi connectivity index (χ1v) is 8.88. The van der Waals surface area contributed by atoms with Crippen molar-refractivity contribution in [2.45, 2.75) is 38.5 Å². The summed E-state index contributed by atoms with van der Waals surface area (Å²) in [4.78, 5) is 4.34. The molecule has 1 fully saturated rings. The van der Waals surface area contributed by atoms with Crippen LogP contribution in [0.15, 0.2) is 4.99 Å². The first-order chi connectivity index (χ1) is 7.91. The molecule has 6 heteroatoms. The molecule has 98 valence electrons. The van der Waals surface area contributed by atoms with Crippen molar-refractivity contribution in [3.05, 3.63) is 0 Å². The largest absolute Gasteiger partial charge is 0.303 e. The molecule has 17 heavy (non-hydrogen) atoms. The second-order valence-corrected chi connectivity index (χ2v) is 8.06. The van der Waals surface area contributed by atoms with Gasteiger partial charge in [-0.3, -0.25) is 0 Å². The lowest BCUT2D eigenvalue weighted by Gasteiger charge is -2.18. The van der Waals surface area contributed by atoms with E-state index in [1.807, 2.05) is 0 Å². The molecule has 1 heterocycles. The highest BCUT2D eigenvalue weighted by Crippen LogP contribution is 2.44. The topological polar surface area (TPSA) is 58.5 Å². The van der Waals surface area contributed by atoms with Crippen molar-refractivity contribution in [2.24, 2.45) is 22.7 Å². The van der Waals surface area contributed by atoms with Crippen LogP contribution in [0.2, 0.25) is 0 Å². The lowest BCUT2D eigenvalue weighted by Crippen LogP contribution is -2.21. The van der Waals surface area contributed by atoms with E-state index >= 15 is 0 Å². The Morgan fingerprint density at radius 1 is 1.47 bits per heavy atom. The third kappa shape index (κ3) is 2.78. The zero-order valence-corrected chi connectivity index (χ0v) is 12.1. The number of amidine groups is 1. The van der Waals surface area contributed by atoms with Crippen molar-refractivity contribution in [1.29, 1.82) is 0 Å². The van der Waals surface area contributed by atoms with Gasteiger partial charge in [-0.15, -0.1) is 0 Å². The van der Waals surface area contributed by atoms with E-state index in [0.29, 0.717) is 11.8 Å². The van der Waals surface area contributed by atoms with Crippen LogP contribution in [-0.4, -0.2) is 25.2 Å². The summed E-state index contributed by atoms with van der Waals surface area (Å²) in [5.41, 5.74) is 0.